The van der Waals surface area contributed by atoms with Gasteiger partial charge < -0.3 is 5.73 Å². The molecule has 0 aliphatic rings. The second kappa shape index (κ2) is 6.02. The van der Waals surface area contributed by atoms with Gasteiger partial charge in [0.2, 0.25) is 0 Å². The zero-order valence-electron chi connectivity index (χ0n) is 9.74. The number of likely N-dealkylation sites (N-methyl/N-ethyl adjacent to an activating group) is 1. The maximum absolute atomic E-state index is 13.1. The summed E-state index contributed by atoms with van der Waals surface area (Å²) in [6, 6.07) is 6.36. The molecular weight excluding hydrogens is 229 g/mol. The lowest BCUT2D eigenvalue weighted by Gasteiger charge is -2.32. The van der Waals surface area contributed by atoms with Gasteiger partial charge in [0.25, 0.3) is 0 Å². The number of nitrogens with zero attached hydrogens (tertiary/aromatic N) is 1. The number of benzene rings is 1. The summed E-state index contributed by atoms with van der Waals surface area (Å²) in [5.41, 5.74) is 5.61. The van der Waals surface area contributed by atoms with Crippen molar-refractivity contribution in [3.63, 3.8) is 0 Å². The van der Waals surface area contributed by atoms with E-state index in [4.69, 9.17) is 5.73 Å². The Balaban J connectivity index is 3.04. The SMILES string of the molecule is CCN(CCN)C(c1ccccc1)C(F)(F)F. The van der Waals surface area contributed by atoms with Crippen molar-refractivity contribution in [2.45, 2.75) is 19.1 Å². The smallest absolute Gasteiger partial charge is 0.329 e. The Hall–Kier alpha value is -1.07. The highest BCUT2D eigenvalue weighted by Gasteiger charge is 2.43. The monoisotopic (exact) mass is 246 g/mol. The van der Waals surface area contributed by atoms with E-state index in [-0.39, 0.29) is 18.7 Å². The third kappa shape index (κ3) is 3.71. The fourth-order valence-corrected chi connectivity index (χ4v) is 1.88. The van der Waals surface area contributed by atoms with E-state index in [0.717, 1.165) is 0 Å². The third-order valence-corrected chi connectivity index (χ3v) is 2.61. The molecule has 1 atom stereocenters. The number of alkyl halides is 3. The minimum Gasteiger partial charge on any atom is -0.329 e. The molecule has 1 rings (SSSR count). The van der Waals surface area contributed by atoms with Gasteiger partial charge in [-0.2, -0.15) is 13.2 Å². The highest BCUT2D eigenvalue weighted by atomic mass is 19.4. The van der Waals surface area contributed by atoms with E-state index < -0.39 is 12.2 Å². The number of hydrogen-bond acceptors (Lipinski definition) is 2. The standard InChI is InChI=1S/C12H17F3N2/c1-2-17(9-8-16)11(12(13,14)15)10-6-4-3-5-7-10/h3-7,11H,2,8-9,16H2,1H3. The quantitative estimate of drug-likeness (QED) is 0.865. The van der Waals surface area contributed by atoms with Gasteiger partial charge in [0, 0.05) is 13.1 Å². The molecule has 0 aliphatic carbocycles. The van der Waals surface area contributed by atoms with E-state index in [9.17, 15) is 13.2 Å². The van der Waals surface area contributed by atoms with E-state index in [2.05, 4.69) is 0 Å². The van der Waals surface area contributed by atoms with Crippen molar-refractivity contribution in [1.82, 2.24) is 4.90 Å². The number of halogens is 3. The van der Waals surface area contributed by atoms with Crippen molar-refractivity contribution >= 4 is 0 Å². The van der Waals surface area contributed by atoms with E-state index in [1.54, 1.807) is 25.1 Å². The van der Waals surface area contributed by atoms with Crippen LogP contribution in [0, 0.1) is 0 Å². The molecule has 1 aromatic carbocycles. The third-order valence-electron chi connectivity index (χ3n) is 2.61. The van der Waals surface area contributed by atoms with Crippen molar-refractivity contribution in [2.75, 3.05) is 19.6 Å². The summed E-state index contributed by atoms with van der Waals surface area (Å²) in [4.78, 5) is 1.34. The van der Waals surface area contributed by atoms with Crippen LogP contribution in [0.3, 0.4) is 0 Å². The number of hydrogen-bond donors (Lipinski definition) is 1. The Kier molecular flexibility index (Phi) is 4.96. The van der Waals surface area contributed by atoms with Gasteiger partial charge >= 0.3 is 6.18 Å². The molecule has 0 aliphatic heterocycles. The lowest BCUT2D eigenvalue weighted by molar-refractivity contribution is -0.185. The lowest BCUT2D eigenvalue weighted by atomic mass is 10.0. The molecule has 0 bridgehead atoms. The summed E-state index contributed by atoms with van der Waals surface area (Å²) in [5.74, 6) is 0. The molecule has 1 unspecified atom stereocenters. The minimum absolute atomic E-state index is 0.216. The Bertz CT molecular complexity index is 324. The Morgan fingerprint density at radius 3 is 2.24 bits per heavy atom. The number of rotatable bonds is 5. The molecule has 0 aromatic heterocycles. The van der Waals surface area contributed by atoms with Crippen LogP contribution in [0.5, 0.6) is 0 Å². The first-order valence-corrected chi connectivity index (χ1v) is 5.56. The van der Waals surface area contributed by atoms with Crippen LogP contribution in [0.15, 0.2) is 30.3 Å². The summed E-state index contributed by atoms with van der Waals surface area (Å²) >= 11 is 0. The average molecular weight is 246 g/mol. The Morgan fingerprint density at radius 1 is 1.24 bits per heavy atom. The fourth-order valence-electron chi connectivity index (χ4n) is 1.88. The molecule has 0 saturated carbocycles. The van der Waals surface area contributed by atoms with Gasteiger partial charge in [-0.05, 0) is 12.1 Å². The maximum Gasteiger partial charge on any atom is 0.408 e. The topological polar surface area (TPSA) is 29.3 Å². The van der Waals surface area contributed by atoms with Gasteiger partial charge in [0.05, 0.1) is 0 Å². The highest BCUT2D eigenvalue weighted by Crippen LogP contribution is 2.37. The molecule has 2 nitrogen and oxygen atoms in total. The molecule has 17 heavy (non-hydrogen) atoms. The highest BCUT2D eigenvalue weighted by molar-refractivity contribution is 5.20. The Morgan fingerprint density at radius 2 is 1.82 bits per heavy atom. The average Bonchev–Trinajstić information content (AvgIpc) is 2.28. The predicted molar refractivity (Wildman–Crippen MR) is 61.5 cm³/mol. The first-order valence-electron chi connectivity index (χ1n) is 5.56. The van der Waals surface area contributed by atoms with Gasteiger partial charge in [-0.3, -0.25) is 4.90 Å². The van der Waals surface area contributed by atoms with Crippen molar-refractivity contribution in [1.29, 1.82) is 0 Å². The van der Waals surface area contributed by atoms with Crippen LogP contribution >= 0.6 is 0 Å². The zero-order valence-corrected chi connectivity index (χ0v) is 9.74. The van der Waals surface area contributed by atoms with E-state index in [1.807, 2.05) is 0 Å². The zero-order chi connectivity index (χ0) is 12.9. The summed E-state index contributed by atoms with van der Waals surface area (Å²) in [5, 5.41) is 0. The molecule has 0 heterocycles. The summed E-state index contributed by atoms with van der Waals surface area (Å²) in [6.07, 6.45) is -4.29. The molecule has 1 aromatic rings. The first-order chi connectivity index (χ1) is 8.00. The van der Waals surface area contributed by atoms with E-state index in [0.29, 0.717) is 6.54 Å². The van der Waals surface area contributed by atoms with Crippen LogP contribution in [-0.2, 0) is 0 Å². The van der Waals surface area contributed by atoms with Crippen LogP contribution in [0.2, 0.25) is 0 Å². The van der Waals surface area contributed by atoms with Crippen LogP contribution in [0.1, 0.15) is 18.5 Å². The van der Waals surface area contributed by atoms with Gasteiger partial charge in [-0.15, -0.1) is 0 Å². The summed E-state index contributed by atoms with van der Waals surface area (Å²) in [7, 11) is 0. The summed E-state index contributed by atoms with van der Waals surface area (Å²) in [6.45, 7) is 2.47. The molecule has 5 heteroatoms. The normalized spacial score (nSPS) is 14.0. The van der Waals surface area contributed by atoms with Gasteiger partial charge in [0.15, 0.2) is 0 Å². The predicted octanol–water partition coefficient (Wildman–Crippen LogP) is 2.57. The van der Waals surface area contributed by atoms with Crippen molar-refractivity contribution in [3.05, 3.63) is 35.9 Å². The molecule has 0 fully saturated rings. The molecule has 0 amide bonds. The molecular formula is C12H17F3N2. The minimum atomic E-state index is -4.29. The molecule has 2 N–H and O–H groups in total. The van der Waals surface area contributed by atoms with Gasteiger partial charge in [-0.1, -0.05) is 37.3 Å². The molecule has 0 saturated heterocycles. The van der Waals surface area contributed by atoms with Crippen LogP contribution in [0.4, 0.5) is 13.2 Å². The summed E-state index contributed by atoms with van der Waals surface area (Å²) < 4.78 is 39.3. The van der Waals surface area contributed by atoms with E-state index in [1.165, 1.54) is 17.0 Å². The molecule has 96 valence electrons. The van der Waals surface area contributed by atoms with Gasteiger partial charge in [0.1, 0.15) is 6.04 Å². The van der Waals surface area contributed by atoms with Gasteiger partial charge in [-0.25, -0.2) is 0 Å². The number of nitrogens with two attached hydrogens (primary N) is 1. The Labute approximate surface area is 99.2 Å². The van der Waals surface area contributed by atoms with Crippen molar-refractivity contribution in [3.8, 4) is 0 Å². The lowest BCUT2D eigenvalue weighted by Crippen LogP contribution is -2.41. The van der Waals surface area contributed by atoms with Crippen molar-refractivity contribution < 1.29 is 13.2 Å². The molecule has 0 radical (unpaired) electrons. The van der Waals surface area contributed by atoms with E-state index >= 15 is 0 Å². The maximum atomic E-state index is 13.1. The van der Waals surface area contributed by atoms with Crippen molar-refractivity contribution in [2.24, 2.45) is 5.73 Å². The largest absolute Gasteiger partial charge is 0.408 e. The van der Waals surface area contributed by atoms with Crippen LogP contribution < -0.4 is 5.73 Å². The fraction of sp³-hybridized carbons (Fsp3) is 0.500. The second-order valence-corrected chi connectivity index (χ2v) is 3.77. The van der Waals surface area contributed by atoms with Crippen LogP contribution in [-0.4, -0.2) is 30.7 Å². The molecule has 0 spiro atoms. The first kappa shape index (κ1) is 14.0. The van der Waals surface area contributed by atoms with Crippen LogP contribution in [0.25, 0.3) is 0 Å². The second-order valence-electron chi connectivity index (χ2n) is 3.77.